The second-order valence-corrected chi connectivity index (χ2v) is 26.4. The van der Waals surface area contributed by atoms with Gasteiger partial charge < -0.3 is 59.8 Å². The number of cyclic esters (lactones) is 2. The number of aryl methyl sites for hydroxylation is 1. The number of nitrogens with zero attached hydrogens (tertiary/aromatic N) is 4. The summed E-state index contributed by atoms with van der Waals surface area (Å²) < 4.78 is 22.9. The number of carbonyl (C=O) groups is 11. The van der Waals surface area contributed by atoms with Crippen LogP contribution in [0.4, 0.5) is 5.69 Å². The molecule has 2 fully saturated rings. The monoisotopic (exact) mass is 1360 g/mol. The normalized spacial score (nSPS) is 22.1. The molecule has 8 amide bonds. The van der Waals surface area contributed by atoms with Gasteiger partial charge in [0.1, 0.15) is 42.9 Å². The van der Waals surface area contributed by atoms with Crippen molar-refractivity contribution in [1.82, 2.24) is 35.6 Å². The molecular formula is C76H92N8O15. The van der Waals surface area contributed by atoms with Crippen molar-refractivity contribution in [2.45, 2.75) is 148 Å². The first-order chi connectivity index (χ1) is 47.4. The average Bonchev–Trinajstić information content (AvgIpc) is 1.80. The van der Waals surface area contributed by atoms with Crippen LogP contribution < -0.4 is 30.7 Å². The van der Waals surface area contributed by atoms with Crippen LogP contribution in [-0.4, -0.2) is 163 Å². The number of fused-ring (bicyclic) bond motifs is 4. The van der Waals surface area contributed by atoms with Crippen molar-refractivity contribution in [3.8, 4) is 11.5 Å². The molecule has 6 atom stereocenters. The Hall–Kier alpha value is -10.2. The maximum absolute atomic E-state index is 15.3. The molecule has 0 aromatic heterocycles. The highest BCUT2D eigenvalue weighted by molar-refractivity contribution is 6.38. The molecule has 5 aromatic carbocycles. The van der Waals surface area contributed by atoms with Crippen molar-refractivity contribution < 1.29 is 71.7 Å². The number of hydrogen-bond donors (Lipinski definition) is 4. The number of hydrogen-bond acceptors (Lipinski definition) is 15. The van der Waals surface area contributed by atoms with E-state index in [0.29, 0.717) is 65.1 Å². The second kappa shape index (κ2) is 35.4. The Morgan fingerprint density at radius 3 is 2.03 bits per heavy atom. The SMILES string of the molecule is COc1ccc(CC[C@H]2OC(=O)[C@@H]3CCCCN3C(=O)C(=O)C(C)(C)COC(=O)/C=C/CCN(C)C(=O)[C@H](CC(C)C)N(C)C(=O)[C@H]3CCCN3C(=O)[C@H](Cc3ccc(CNC(=O)c4ccccc4)cc3)NC(=O)[C@H](c3ccccc3)NC(=O)CCC(=O)Nc3cccc2c3)cc1OC. The maximum atomic E-state index is 15.3. The molecule has 99 heavy (non-hydrogen) atoms. The lowest BCUT2D eigenvalue weighted by Gasteiger charge is -2.36. The Labute approximate surface area is 578 Å². The number of likely N-dealkylation sites (N-methyl/N-ethyl adjacent to an activating group) is 2. The quantitative estimate of drug-likeness (QED) is 0.0642. The number of rotatable bonds is 13. The van der Waals surface area contributed by atoms with Crippen molar-refractivity contribution in [2.24, 2.45) is 11.3 Å². The zero-order valence-electron chi connectivity index (χ0n) is 57.8. The molecule has 2 saturated heterocycles. The van der Waals surface area contributed by atoms with Gasteiger partial charge >= 0.3 is 11.9 Å². The number of ketones is 1. The highest BCUT2D eigenvalue weighted by Gasteiger charge is 2.44. The summed E-state index contributed by atoms with van der Waals surface area (Å²) in [4.78, 5) is 162. The van der Waals surface area contributed by atoms with E-state index in [1.165, 1.54) is 66.9 Å². The predicted molar refractivity (Wildman–Crippen MR) is 369 cm³/mol. The Bertz CT molecular complexity index is 3730. The Morgan fingerprint density at radius 2 is 1.32 bits per heavy atom. The Morgan fingerprint density at radius 1 is 0.667 bits per heavy atom. The molecule has 2 bridgehead atoms. The molecule has 0 spiro atoms. The molecule has 23 heteroatoms. The summed E-state index contributed by atoms with van der Waals surface area (Å²) in [5.41, 5.74) is 2.33. The van der Waals surface area contributed by atoms with Gasteiger partial charge in [-0.3, -0.25) is 43.2 Å². The first kappa shape index (κ1) is 74.6. The fourth-order valence-corrected chi connectivity index (χ4v) is 12.4. The largest absolute Gasteiger partial charge is 0.493 e. The van der Waals surface area contributed by atoms with E-state index in [9.17, 15) is 47.9 Å². The molecule has 0 unspecified atom stereocenters. The van der Waals surface area contributed by atoms with Crippen LogP contribution in [0.5, 0.6) is 11.5 Å². The average molecular weight is 1360 g/mol. The van der Waals surface area contributed by atoms with Crippen LogP contribution in [0.25, 0.3) is 0 Å². The number of piperidine rings is 1. The van der Waals surface area contributed by atoms with Crippen LogP contribution in [0.2, 0.25) is 0 Å². The summed E-state index contributed by atoms with van der Waals surface area (Å²) >= 11 is 0. The summed E-state index contributed by atoms with van der Waals surface area (Å²) in [7, 11) is 6.16. The lowest BCUT2D eigenvalue weighted by Crippen LogP contribution is -2.58. The minimum absolute atomic E-state index is 0.0578. The van der Waals surface area contributed by atoms with Gasteiger partial charge in [0.05, 0.1) is 19.6 Å². The smallest absolute Gasteiger partial charge is 0.330 e. The van der Waals surface area contributed by atoms with Crippen molar-refractivity contribution >= 4 is 70.7 Å². The molecule has 0 aliphatic carbocycles. The van der Waals surface area contributed by atoms with Gasteiger partial charge in [-0.05, 0) is 142 Å². The Balaban J connectivity index is 1.09. The van der Waals surface area contributed by atoms with Gasteiger partial charge in [-0.25, -0.2) is 9.59 Å². The number of methoxy groups -OCH3 is 2. The second-order valence-electron chi connectivity index (χ2n) is 26.4. The number of ether oxygens (including phenoxy) is 4. The highest BCUT2D eigenvalue weighted by atomic mass is 16.5. The van der Waals surface area contributed by atoms with Gasteiger partial charge in [-0.15, -0.1) is 0 Å². The van der Waals surface area contributed by atoms with Gasteiger partial charge in [0.25, 0.3) is 11.8 Å². The predicted octanol–water partition coefficient (Wildman–Crippen LogP) is 7.96. The molecule has 5 aromatic rings. The molecular weight excluding hydrogens is 1260 g/mol. The molecule has 8 rings (SSSR count). The van der Waals surface area contributed by atoms with E-state index >= 15 is 4.79 Å². The maximum Gasteiger partial charge on any atom is 0.330 e. The minimum Gasteiger partial charge on any atom is -0.493 e. The van der Waals surface area contributed by atoms with Gasteiger partial charge in [-0.2, -0.15) is 0 Å². The number of esters is 2. The summed E-state index contributed by atoms with van der Waals surface area (Å²) in [6.07, 6.45) is 3.92. The topological polar surface area (TPSA) is 286 Å². The lowest BCUT2D eigenvalue weighted by molar-refractivity contribution is -0.165. The summed E-state index contributed by atoms with van der Waals surface area (Å²) in [5.74, 6) is -6.13. The number of Topliss-reactive ketones (excluding diaryl/α,β-unsaturated/α-hetero) is 1. The molecule has 3 aliphatic rings. The van der Waals surface area contributed by atoms with E-state index in [1.807, 2.05) is 26.0 Å². The van der Waals surface area contributed by atoms with Crippen molar-refractivity contribution in [3.05, 3.63) is 173 Å². The van der Waals surface area contributed by atoms with E-state index in [1.54, 1.807) is 122 Å². The van der Waals surface area contributed by atoms with Gasteiger partial charge in [0.15, 0.2) is 11.5 Å². The van der Waals surface area contributed by atoms with Crippen LogP contribution in [0, 0.1) is 11.3 Å². The van der Waals surface area contributed by atoms with Crippen LogP contribution in [-0.2, 0) is 76.8 Å². The Kier molecular flexibility index (Phi) is 26.6. The van der Waals surface area contributed by atoms with E-state index in [2.05, 4.69) is 21.3 Å². The summed E-state index contributed by atoms with van der Waals surface area (Å²) in [5, 5.41) is 11.5. The van der Waals surface area contributed by atoms with Crippen LogP contribution in [0.1, 0.15) is 142 Å². The highest BCUT2D eigenvalue weighted by Crippen LogP contribution is 2.33. The number of anilines is 1. The molecule has 3 heterocycles. The van der Waals surface area contributed by atoms with E-state index in [0.717, 1.165) is 11.1 Å². The molecule has 0 radical (unpaired) electrons. The van der Waals surface area contributed by atoms with Crippen LogP contribution >= 0.6 is 0 Å². The van der Waals surface area contributed by atoms with Crippen molar-refractivity contribution in [3.63, 3.8) is 0 Å². The number of benzene rings is 5. The van der Waals surface area contributed by atoms with E-state index in [4.69, 9.17) is 18.9 Å². The number of carbonyl (C=O) groups excluding carboxylic acids is 11. The zero-order valence-corrected chi connectivity index (χ0v) is 57.8. The van der Waals surface area contributed by atoms with Gasteiger partial charge in [0, 0.05) is 76.9 Å². The van der Waals surface area contributed by atoms with Gasteiger partial charge in [-0.1, -0.05) is 111 Å². The number of nitrogens with one attached hydrogen (secondary N) is 4. The molecule has 526 valence electrons. The lowest BCUT2D eigenvalue weighted by atomic mass is 9.87. The summed E-state index contributed by atoms with van der Waals surface area (Å²) in [6.45, 7) is 6.88. The third kappa shape index (κ3) is 20.5. The van der Waals surface area contributed by atoms with Gasteiger partial charge in [0.2, 0.25) is 41.2 Å². The number of amides is 8. The third-order valence-corrected chi connectivity index (χ3v) is 18.1. The fourth-order valence-electron chi connectivity index (χ4n) is 12.4. The standard InChI is InChI=1S/C76H92N8O15/c1-49(2)43-60-72(92)81(5)40-17-16-29-66(87)98-48-76(3,4)68(88)74(94)84-41-18-15-27-59(84)75(95)99-61(36-34-51-35-37-62(96-7)63(45-51)97-8)55-25-19-26-56(46-55)78-64(85)38-39-65(86)80-67(53-21-11-9-12-22-53)70(90)79-57(71(91)83-42-20-28-58(83)73(93)82(60)6)44-50-30-32-52(33-31-50)47-77-69(89)54-23-13-10-14-24-54/h9-14,16,19,21-26,29-33,35,37,45-46,49,57-61,67H,15,17-18,20,27-28,34,36,38-44,47-48H2,1-8H3,(H,77,89)(H,78,85)(H,79,90)(H,80,86)/b29-16+/t57-,58+,59-,60-,61+,67-/m0/s1. The van der Waals surface area contributed by atoms with Crippen molar-refractivity contribution in [1.29, 1.82) is 0 Å². The van der Waals surface area contributed by atoms with E-state index in [-0.39, 0.29) is 95.3 Å². The first-order valence-corrected chi connectivity index (χ1v) is 33.8. The fraction of sp³-hybridized carbons (Fsp3) is 0.434. The summed E-state index contributed by atoms with van der Waals surface area (Å²) in [6, 6.07) is 30.6. The molecule has 23 nitrogen and oxygen atoms in total. The zero-order chi connectivity index (χ0) is 71.3. The van der Waals surface area contributed by atoms with Crippen molar-refractivity contribution in [2.75, 3.05) is 59.9 Å². The molecule has 0 saturated carbocycles. The van der Waals surface area contributed by atoms with Crippen LogP contribution in [0.3, 0.4) is 0 Å². The van der Waals surface area contributed by atoms with Crippen LogP contribution in [0.15, 0.2) is 140 Å². The van der Waals surface area contributed by atoms with E-state index < -0.39 is 101 Å². The minimum atomic E-state index is -1.52. The first-order valence-electron chi connectivity index (χ1n) is 33.8. The third-order valence-electron chi connectivity index (χ3n) is 18.1. The molecule has 4 N–H and O–H groups in total. The molecule has 3 aliphatic heterocycles.